The highest BCUT2D eigenvalue weighted by molar-refractivity contribution is 6.04. The number of benzene rings is 2. The third-order valence-electron chi connectivity index (χ3n) is 3.31. The van der Waals surface area contributed by atoms with Crippen molar-refractivity contribution in [3.8, 4) is 5.75 Å². The summed E-state index contributed by atoms with van der Waals surface area (Å²) in [6.45, 7) is 5.09. The lowest BCUT2D eigenvalue weighted by Crippen LogP contribution is -2.17. The van der Waals surface area contributed by atoms with Crippen LogP contribution in [-0.2, 0) is 0 Å². The number of phenols is 1. The van der Waals surface area contributed by atoms with Crippen molar-refractivity contribution in [2.75, 3.05) is 11.9 Å². The highest BCUT2D eigenvalue weighted by Gasteiger charge is 2.07. The van der Waals surface area contributed by atoms with Gasteiger partial charge < -0.3 is 15.7 Å². The molecule has 0 aromatic heterocycles. The molecule has 110 valence electrons. The molecule has 2 aromatic carbocycles. The topological polar surface area (TPSA) is 61.4 Å². The van der Waals surface area contributed by atoms with Crippen LogP contribution < -0.4 is 10.6 Å². The van der Waals surface area contributed by atoms with Gasteiger partial charge in [-0.25, -0.2) is 0 Å². The molecule has 0 heterocycles. The number of anilines is 1. The van der Waals surface area contributed by atoms with Crippen LogP contribution in [0.5, 0.6) is 5.75 Å². The summed E-state index contributed by atoms with van der Waals surface area (Å²) < 4.78 is 0. The molecule has 0 spiro atoms. The van der Waals surface area contributed by atoms with Gasteiger partial charge in [0.1, 0.15) is 5.75 Å². The number of carbonyl (C=O) groups excluding carboxylic acids is 1. The Kier molecular flexibility index (Phi) is 4.95. The van der Waals surface area contributed by atoms with E-state index in [-0.39, 0.29) is 17.7 Å². The maximum absolute atomic E-state index is 12.0. The van der Waals surface area contributed by atoms with Crippen LogP contribution in [0.1, 0.15) is 35.8 Å². The fourth-order valence-electron chi connectivity index (χ4n) is 2.10. The van der Waals surface area contributed by atoms with Gasteiger partial charge in [0.05, 0.1) is 0 Å². The molecular weight excluding hydrogens is 264 g/mol. The molecular formula is C17H20N2O2. The summed E-state index contributed by atoms with van der Waals surface area (Å²) in [6.07, 6.45) is 0. The summed E-state index contributed by atoms with van der Waals surface area (Å²) in [5.74, 6) is -0.0456. The van der Waals surface area contributed by atoms with E-state index >= 15 is 0 Å². The largest absolute Gasteiger partial charge is 0.508 e. The molecule has 0 saturated carbocycles. The van der Waals surface area contributed by atoms with E-state index in [1.807, 2.05) is 24.3 Å². The zero-order chi connectivity index (χ0) is 15.2. The van der Waals surface area contributed by atoms with Gasteiger partial charge in [-0.1, -0.05) is 19.1 Å². The first-order chi connectivity index (χ1) is 10.1. The molecule has 0 fully saturated rings. The lowest BCUT2D eigenvalue weighted by Gasteiger charge is -2.13. The molecule has 21 heavy (non-hydrogen) atoms. The van der Waals surface area contributed by atoms with Crippen LogP contribution in [0.4, 0.5) is 5.69 Å². The lowest BCUT2D eigenvalue weighted by atomic mass is 10.1. The molecule has 0 aliphatic rings. The van der Waals surface area contributed by atoms with Gasteiger partial charge in [0.2, 0.25) is 0 Å². The Hall–Kier alpha value is -2.33. The van der Waals surface area contributed by atoms with Crippen LogP contribution >= 0.6 is 0 Å². The molecule has 4 heteroatoms. The minimum atomic E-state index is -0.192. The predicted octanol–water partition coefficient (Wildman–Crippen LogP) is 3.32. The Morgan fingerprint density at radius 1 is 1.10 bits per heavy atom. The minimum Gasteiger partial charge on any atom is -0.508 e. The second-order valence-corrected chi connectivity index (χ2v) is 4.90. The van der Waals surface area contributed by atoms with Crippen LogP contribution in [0.25, 0.3) is 0 Å². The highest BCUT2D eigenvalue weighted by Crippen LogP contribution is 2.17. The normalized spacial score (nSPS) is 11.9. The number of aromatic hydroxyl groups is 1. The molecule has 3 N–H and O–H groups in total. The number of carbonyl (C=O) groups is 1. The van der Waals surface area contributed by atoms with Crippen molar-refractivity contribution in [1.29, 1.82) is 0 Å². The smallest absolute Gasteiger partial charge is 0.255 e. The Labute approximate surface area is 124 Å². The number of hydrogen-bond acceptors (Lipinski definition) is 3. The molecule has 0 bridgehead atoms. The van der Waals surface area contributed by atoms with E-state index < -0.39 is 0 Å². The van der Waals surface area contributed by atoms with E-state index in [9.17, 15) is 9.90 Å². The van der Waals surface area contributed by atoms with Crippen molar-refractivity contribution in [1.82, 2.24) is 5.32 Å². The summed E-state index contributed by atoms with van der Waals surface area (Å²) >= 11 is 0. The zero-order valence-electron chi connectivity index (χ0n) is 12.3. The maximum Gasteiger partial charge on any atom is 0.255 e. The molecule has 0 aliphatic carbocycles. The Morgan fingerprint density at radius 3 is 2.29 bits per heavy atom. The second-order valence-electron chi connectivity index (χ2n) is 4.90. The average Bonchev–Trinajstić information content (AvgIpc) is 2.49. The summed E-state index contributed by atoms with van der Waals surface area (Å²) in [5, 5.41) is 15.4. The van der Waals surface area contributed by atoms with Gasteiger partial charge in [0.25, 0.3) is 5.91 Å². The van der Waals surface area contributed by atoms with E-state index in [1.54, 1.807) is 12.1 Å². The first-order valence-electron chi connectivity index (χ1n) is 7.04. The predicted molar refractivity (Wildman–Crippen MR) is 84.6 cm³/mol. The monoisotopic (exact) mass is 284 g/mol. The van der Waals surface area contributed by atoms with E-state index in [0.29, 0.717) is 5.56 Å². The number of phenolic OH excluding ortho intramolecular Hbond substituents is 1. The van der Waals surface area contributed by atoms with Crippen LogP contribution in [0.15, 0.2) is 48.5 Å². The Morgan fingerprint density at radius 2 is 1.71 bits per heavy atom. The van der Waals surface area contributed by atoms with Gasteiger partial charge in [-0.3, -0.25) is 4.79 Å². The first kappa shape index (κ1) is 15.1. The van der Waals surface area contributed by atoms with Crippen molar-refractivity contribution in [3.05, 3.63) is 59.7 Å². The highest BCUT2D eigenvalue weighted by atomic mass is 16.3. The van der Waals surface area contributed by atoms with Crippen LogP contribution in [0.2, 0.25) is 0 Å². The van der Waals surface area contributed by atoms with Crippen molar-refractivity contribution in [2.45, 2.75) is 19.9 Å². The van der Waals surface area contributed by atoms with Gasteiger partial charge in [-0.05, 0) is 55.4 Å². The van der Waals surface area contributed by atoms with Crippen LogP contribution in [0, 0.1) is 0 Å². The van der Waals surface area contributed by atoms with E-state index in [1.165, 1.54) is 17.7 Å². The van der Waals surface area contributed by atoms with E-state index in [0.717, 1.165) is 12.2 Å². The third kappa shape index (κ3) is 4.07. The van der Waals surface area contributed by atoms with Crippen molar-refractivity contribution < 1.29 is 9.90 Å². The molecule has 0 radical (unpaired) electrons. The van der Waals surface area contributed by atoms with Crippen LogP contribution in [0.3, 0.4) is 0 Å². The molecule has 2 rings (SSSR count). The quantitative estimate of drug-likeness (QED) is 0.789. The van der Waals surface area contributed by atoms with Gasteiger partial charge in [-0.2, -0.15) is 0 Å². The number of amides is 1. The zero-order valence-corrected chi connectivity index (χ0v) is 12.3. The number of hydrogen-bond donors (Lipinski definition) is 3. The summed E-state index contributed by atoms with van der Waals surface area (Å²) in [5.41, 5.74) is 2.44. The van der Waals surface area contributed by atoms with Crippen molar-refractivity contribution in [3.63, 3.8) is 0 Å². The fraction of sp³-hybridized carbons (Fsp3) is 0.235. The standard InChI is InChI=1S/C17H20N2O2/c1-3-18-12(2)13-4-8-15(9-5-13)19-17(21)14-6-10-16(20)11-7-14/h4-12,18,20H,3H2,1-2H3,(H,19,21). The first-order valence-corrected chi connectivity index (χ1v) is 7.04. The molecule has 1 amide bonds. The van der Waals surface area contributed by atoms with Gasteiger partial charge in [0.15, 0.2) is 0 Å². The molecule has 4 nitrogen and oxygen atoms in total. The lowest BCUT2D eigenvalue weighted by molar-refractivity contribution is 0.102. The van der Waals surface area contributed by atoms with Gasteiger partial charge >= 0.3 is 0 Å². The Bertz CT molecular complexity index is 591. The maximum atomic E-state index is 12.0. The van der Waals surface area contributed by atoms with Gasteiger partial charge in [-0.15, -0.1) is 0 Å². The summed E-state index contributed by atoms with van der Waals surface area (Å²) in [7, 11) is 0. The fourth-order valence-corrected chi connectivity index (χ4v) is 2.10. The SMILES string of the molecule is CCNC(C)c1ccc(NC(=O)c2ccc(O)cc2)cc1. The minimum absolute atomic E-state index is 0.147. The molecule has 1 unspecified atom stereocenters. The molecule has 2 aromatic rings. The van der Waals surface area contributed by atoms with Crippen molar-refractivity contribution in [2.24, 2.45) is 0 Å². The summed E-state index contributed by atoms with van der Waals surface area (Å²) in [6, 6.07) is 14.2. The molecule has 0 saturated heterocycles. The summed E-state index contributed by atoms with van der Waals surface area (Å²) in [4.78, 5) is 12.0. The van der Waals surface area contributed by atoms with Gasteiger partial charge in [0, 0.05) is 17.3 Å². The van der Waals surface area contributed by atoms with Crippen LogP contribution in [-0.4, -0.2) is 17.6 Å². The van der Waals surface area contributed by atoms with Crippen molar-refractivity contribution >= 4 is 11.6 Å². The average molecular weight is 284 g/mol. The Balaban J connectivity index is 2.03. The third-order valence-corrected chi connectivity index (χ3v) is 3.31. The molecule has 1 atom stereocenters. The number of rotatable bonds is 5. The van der Waals surface area contributed by atoms with E-state index in [2.05, 4.69) is 24.5 Å². The molecule has 0 aliphatic heterocycles. The number of nitrogens with one attached hydrogen (secondary N) is 2. The second kappa shape index (κ2) is 6.90. The van der Waals surface area contributed by atoms with E-state index in [4.69, 9.17) is 0 Å².